The predicted molar refractivity (Wildman–Crippen MR) is 86.6 cm³/mol. The highest BCUT2D eigenvalue weighted by molar-refractivity contribution is 6.30. The minimum absolute atomic E-state index is 0.0268. The number of alkyl halides is 3. The van der Waals surface area contributed by atoms with Crippen molar-refractivity contribution in [2.24, 2.45) is 0 Å². The molecule has 26 heavy (non-hydrogen) atoms. The third kappa shape index (κ3) is 3.37. The molecule has 0 spiro atoms. The predicted octanol–water partition coefficient (Wildman–Crippen LogP) is 4.68. The quantitative estimate of drug-likeness (QED) is 0.485. The molecular weight excluding hydrogens is 376 g/mol. The summed E-state index contributed by atoms with van der Waals surface area (Å²) in [5.41, 5.74) is -0.738. The summed E-state index contributed by atoms with van der Waals surface area (Å²) in [4.78, 5) is 11.9. The molecule has 9 heteroatoms. The zero-order chi connectivity index (χ0) is 19.1. The number of esters is 1. The fraction of sp³-hybridized carbons (Fsp3) is 0.176. The topological polar surface area (TPSA) is 44.1 Å². The van der Waals surface area contributed by atoms with Gasteiger partial charge in [-0.15, -0.1) is 0 Å². The molecule has 0 unspecified atom stereocenters. The zero-order valence-corrected chi connectivity index (χ0v) is 14.0. The lowest BCUT2D eigenvalue weighted by Crippen LogP contribution is -2.07. The monoisotopic (exact) mass is 386 g/mol. The summed E-state index contributed by atoms with van der Waals surface area (Å²) >= 11 is 5.71. The molecule has 0 aliphatic heterocycles. The molecule has 0 atom stereocenters. The van der Waals surface area contributed by atoms with Crippen LogP contribution in [0, 0.1) is 5.82 Å². The van der Waals surface area contributed by atoms with E-state index < -0.39 is 23.5 Å². The second-order valence-corrected chi connectivity index (χ2v) is 5.90. The van der Waals surface area contributed by atoms with Gasteiger partial charge >= 0.3 is 12.1 Å². The number of carbonyl (C=O) groups is 1. The van der Waals surface area contributed by atoms with Crippen LogP contribution in [0.1, 0.15) is 21.6 Å². The van der Waals surface area contributed by atoms with Crippen LogP contribution in [0.25, 0.3) is 10.9 Å². The third-order valence-electron chi connectivity index (χ3n) is 3.79. The largest absolute Gasteiger partial charge is 0.464 e. The maximum absolute atomic E-state index is 14.0. The molecule has 3 rings (SSSR count). The maximum atomic E-state index is 14.0. The molecule has 0 saturated heterocycles. The molecular formula is C17H11ClF4N2O2. The number of benzene rings is 2. The number of ether oxygens (including phenoxy) is 1. The molecule has 4 nitrogen and oxygen atoms in total. The summed E-state index contributed by atoms with van der Waals surface area (Å²) in [7, 11) is 1.10. The van der Waals surface area contributed by atoms with Crippen molar-refractivity contribution in [1.82, 2.24) is 9.78 Å². The number of hydrogen-bond donors (Lipinski definition) is 0. The Hall–Kier alpha value is -2.61. The Labute approximate surface area is 149 Å². The summed E-state index contributed by atoms with van der Waals surface area (Å²) < 4.78 is 58.8. The Morgan fingerprint density at radius 3 is 2.58 bits per heavy atom. The summed E-state index contributed by atoms with van der Waals surface area (Å²) in [5, 5.41) is 4.20. The molecule has 136 valence electrons. The van der Waals surface area contributed by atoms with Crippen molar-refractivity contribution in [3.63, 3.8) is 0 Å². The standard InChI is InChI=1S/C17H11ClF4N2O2/c1-26-16(25)15-12-6-10(17(20,21)22)3-5-14(12)24(23-15)8-9-2-4-11(18)7-13(9)19/h2-7H,8H2,1H3. The van der Waals surface area contributed by atoms with Gasteiger partial charge in [-0.2, -0.15) is 18.3 Å². The molecule has 1 heterocycles. The van der Waals surface area contributed by atoms with E-state index >= 15 is 0 Å². The van der Waals surface area contributed by atoms with Crippen molar-refractivity contribution < 1.29 is 27.1 Å². The Morgan fingerprint density at radius 2 is 1.96 bits per heavy atom. The van der Waals surface area contributed by atoms with Crippen molar-refractivity contribution in [3.8, 4) is 0 Å². The van der Waals surface area contributed by atoms with Gasteiger partial charge in [-0.25, -0.2) is 9.18 Å². The number of fused-ring (bicyclic) bond motifs is 1. The lowest BCUT2D eigenvalue weighted by molar-refractivity contribution is -0.137. The van der Waals surface area contributed by atoms with E-state index in [2.05, 4.69) is 9.84 Å². The molecule has 0 radical (unpaired) electrons. The van der Waals surface area contributed by atoms with Crippen LogP contribution < -0.4 is 0 Å². The number of methoxy groups -OCH3 is 1. The molecule has 3 aromatic rings. The molecule has 1 aromatic heterocycles. The van der Waals surface area contributed by atoms with Crippen LogP contribution in [-0.4, -0.2) is 22.9 Å². The Balaban J connectivity index is 2.15. The van der Waals surface area contributed by atoms with Gasteiger partial charge in [-0.1, -0.05) is 17.7 Å². The van der Waals surface area contributed by atoms with E-state index in [1.165, 1.54) is 22.9 Å². The van der Waals surface area contributed by atoms with Crippen molar-refractivity contribution >= 4 is 28.5 Å². The highest BCUT2D eigenvalue weighted by Gasteiger charge is 2.32. The zero-order valence-electron chi connectivity index (χ0n) is 13.3. The smallest absolute Gasteiger partial charge is 0.416 e. The van der Waals surface area contributed by atoms with Crippen molar-refractivity contribution in [2.45, 2.75) is 12.7 Å². The highest BCUT2D eigenvalue weighted by Crippen LogP contribution is 2.33. The summed E-state index contributed by atoms with van der Waals surface area (Å²) in [6, 6.07) is 6.92. The van der Waals surface area contributed by atoms with E-state index in [4.69, 9.17) is 11.6 Å². The SMILES string of the molecule is COC(=O)c1nn(Cc2ccc(Cl)cc2F)c2ccc(C(F)(F)F)cc12. The maximum Gasteiger partial charge on any atom is 0.416 e. The number of aromatic nitrogens is 2. The summed E-state index contributed by atoms with van der Waals surface area (Å²) in [6.45, 7) is -0.0954. The number of carbonyl (C=O) groups excluding carboxylic acids is 1. The van der Waals surface area contributed by atoms with Gasteiger partial charge in [0, 0.05) is 16.0 Å². The average molecular weight is 387 g/mol. The minimum atomic E-state index is -4.58. The van der Waals surface area contributed by atoms with Crippen LogP contribution in [0.2, 0.25) is 5.02 Å². The van der Waals surface area contributed by atoms with E-state index in [-0.39, 0.29) is 33.7 Å². The van der Waals surface area contributed by atoms with E-state index in [1.807, 2.05) is 0 Å². The lowest BCUT2D eigenvalue weighted by Gasteiger charge is -2.08. The number of hydrogen-bond acceptors (Lipinski definition) is 3. The molecule has 0 aliphatic carbocycles. The first-order valence-electron chi connectivity index (χ1n) is 7.30. The van der Waals surface area contributed by atoms with E-state index in [9.17, 15) is 22.4 Å². The Kier molecular flexibility index (Phi) is 4.62. The van der Waals surface area contributed by atoms with Gasteiger partial charge in [0.05, 0.1) is 24.7 Å². The lowest BCUT2D eigenvalue weighted by atomic mass is 10.1. The van der Waals surface area contributed by atoms with Gasteiger partial charge in [-0.3, -0.25) is 4.68 Å². The summed E-state index contributed by atoms with van der Waals surface area (Å²) in [6.07, 6.45) is -4.58. The van der Waals surface area contributed by atoms with Crippen LogP contribution in [0.5, 0.6) is 0 Å². The van der Waals surface area contributed by atoms with E-state index in [0.717, 1.165) is 25.3 Å². The van der Waals surface area contributed by atoms with Gasteiger partial charge in [0.1, 0.15) is 5.82 Å². The number of rotatable bonds is 3. The van der Waals surface area contributed by atoms with Gasteiger partial charge in [0.25, 0.3) is 0 Å². The van der Waals surface area contributed by atoms with Gasteiger partial charge in [0.15, 0.2) is 5.69 Å². The average Bonchev–Trinajstić information content (AvgIpc) is 2.94. The second kappa shape index (κ2) is 6.60. The van der Waals surface area contributed by atoms with Gasteiger partial charge in [0.2, 0.25) is 0 Å². The third-order valence-corrected chi connectivity index (χ3v) is 4.03. The van der Waals surface area contributed by atoms with E-state index in [0.29, 0.717) is 0 Å². The van der Waals surface area contributed by atoms with Gasteiger partial charge < -0.3 is 4.74 Å². The fourth-order valence-corrected chi connectivity index (χ4v) is 2.69. The molecule has 0 fully saturated rings. The number of halogens is 5. The van der Waals surface area contributed by atoms with Crippen LogP contribution >= 0.6 is 11.6 Å². The normalized spacial score (nSPS) is 11.8. The summed E-state index contributed by atoms with van der Waals surface area (Å²) in [5.74, 6) is -1.47. The van der Waals surface area contributed by atoms with Crippen LogP contribution in [-0.2, 0) is 17.5 Å². The first-order chi connectivity index (χ1) is 12.2. The highest BCUT2D eigenvalue weighted by atomic mass is 35.5. The second-order valence-electron chi connectivity index (χ2n) is 5.46. The fourth-order valence-electron chi connectivity index (χ4n) is 2.53. The van der Waals surface area contributed by atoms with Crippen LogP contribution in [0.3, 0.4) is 0 Å². The van der Waals surface area contributed by atoms with Crippen molar-refractivity contribution in [3.05, 3.63) is 64.1 Å². The molecule has 2 aromatic carbocycles. The van der Waals surface area contributed by atoms with E-state index in [1.54, 1.807) is 0 Å². The molecule has 0 saturated carbocycles. The van der Waals surface area contributed by atoms with Crippen molar-refractivity contribution in [2.75, 3.05) is 7.11 Å². The minimum Gasteiger partial charge on any atom is -0.464 e. The molecule has 0 bridgehead atoms. The molecule has 0 amide bonds. The first-order valence-corrected chi connectivity index (χ1v) is 7.68. The first kappa shape index (κ1) is 18.2. The number of nitrogens with zero attached hydrogens (tertiary/aromatic N) is 2. The van der Waals surface area contributed by atoms with Crippen LogP contribution in [0.15, 0.2) is 36.4 Å². The Bertz CT molecular complexity index is 998. The van der Waals surface area contributed by atoms with Gasteiger partial charge in [-0.05, 0) is 30.3 Å². The Morgan fingerprint density at radius 1 is 1.23 bits per heavy atom. The van der Waals surface area contributed by atoms with Crippen molar-refractivity contribution in [1.29, 1.82) is 0 Å². The molecule has 0 N–H and O–H groups in total. The molecule has 0 aliphatic rings. The van der Waals surface area contributed by atoms with Crippen LogP contribution in [0.4, 0.5) is 17.6 Å².